The number of carbonyl (C=O) groups is 1. The fraction of sp³-hybridized carbons (Fsp3) is 0.833. The van der Waals surface area contributed by atoms with Crippen LogP contribution in [0.3, 0.4) is 0 Å². The summed E-state index contributed by atoms with van der Waals surface area (Å²) in [6.07, 6.45) is 5.45. The highest BCUT2D eigenvalue weighted by atomic mass is 16.5. The van der Waals surface area contributed by atoms with Crippen molar-refractivity contribution in [3.63, 3.8) is 0 Å². The zero-order chi connectivity index (χ0) is 17.6. The van der Waals surface area contributed by atoms with Crippen molar-refractivity contribution in [2.45, 2.75) is 77.7 Å². The SMILES string of the molecule is CC[C@@H]1C[C@H](C)[C@H]([C@](C)(O)/C=C/C(=O)N[C@H](CO)[C@@H](C)CC)O1. The highest BCUT2D eigenvalue weighted by Crippen LogP contribution is 2.34. The Labute approximate surface area is 140 Å². The van der Waals surface area contributed by atoms with Crippen molar-refractivity contribution in [3.05, 3.63) is 12.2 Å². The number of rotatable bonds is 8. The predicted molar refractivity (Wildman–Crippen MR) is 91.0 cm³/mol. The predicted octanol–water partition coefficient (Wildman–Crippen LogP) is 2.02. The standard InChI is InChI=1S/C18H33NO4/c1-6-12(3)15(11-20)19-16(21)8-9-18(5,22)17-13(4)10-14(7-2)23-17/h8-9,12-15,17,20,22H,6-7,10-11H2,1-5H3,(H,19,21)/b9-8+/t12-,13-,14+,15+,17+,18+/m0/s1. The molecule has 5 nitrogen and oxygen atoms in total. The Kier molecular flexibility index (Phi) is 7.71. The summed E-state index contributed by atoms with van der Waals surface area (Å²) >= 11 is 0. The average molecular weight is 327 g/mol. The monoisotopic (exact) mass is 327 g/mol. The Bertz CT molecular complexity index is 408. The van der Waals surface area contributed by atoms with Crippen LogP contribution in [0.25, 0.3) is 0 Å². The number of nitrogens with one attached hydrogen (secondary N) is 1. The second-order valence-electron chi connectivity index (χ2n) is 7.04. The molecule has 0 unspecified atom stereocenters. The smallest absolute Gasteiger partial charge is 0.244 e. The van der Waals surface area contributed by atoms with E-state index in [2.05, 4.69) is 19.2 Å². The van der Waals surface area contributed by atoms with Gasteiger partial charge in [-0.15, -0.1) is 0 Å². The number of aliphatic hydroxyl groups is 2. The van der Waals surface area contributed by atoms with Crippen LogP contribution in [0.2, 0.25) is 0 Å². The van der Waals surface area contributed by atoms with Gasteiger partial charge in [0, 0.05) is 6.08 Å². The van der Waals surface area contributed by atoms with E-state index < -0.39 is 5.60 Å². The van der Waals surface area contributed by atoms with Crippen LogP contribution in [0.5, 0.6) is 0 Å². The molecule has 23 heavy (non-hydrogen) atoms. The zero-order valence-electron chi connectivity index (χ0n) is 15.1. The van der Waals surface area contributed by atoms with E-state index >= 15 is 0 Å². The van der Waals surface area contributed by atoms with Crippen LogP contribution in [0.15, 0.2) is 12.2 Å². The lowest BCUT2D eigenvalue weighted by Crippen LogP contribution is -2.43. The molecule has 0 saturated carbocycles. The summed E-state index contributed by atoms with van der Waals surface area (Å²) < 4.78 is 5.90. The third-order valence-corrected chi connectivity index (χ3v) is 4.95. The Morgan fingerprint density at radius 3 is 2.61 bits per heavy atom. The summed E-state index contributed by atoms with van der Waals surface area (Å²) in [6, 6.07) is -0.270. The molecule has 1 aliphatic heterocycles. The van der Waals surface area contributed by atoms with E-state index in [9.17, 15) is 15.0 Å². The number of carbonyl (C=O) groups excluding carboxylic acids is 1. The third-order valence-electron chi connectivity index (χ3n) is 4.95. The van der Waals surface area contributed by atoms with E-state index in [4.69, 9.17) is 4.74 Å². The number of hydrogen-bond acceptors (Lipinski definition) is 4. The van der Waals surface area contributed by atoms with Crippen molar-refractivity contribution in [2.75, 3.05) is 6.61 Å². The molecule has 1 fully saturated rings. The molecule has 0 aromatic rings. The normalized spacial score (nSPS) is 30.1. The van der Waals surface area contributed by atoms with Gasteiger partial charge < -0.3 is 20.3 Å². The lowest BCUT2D eigenvalue weighted by molar-refractivity contribution is -0.118. The van der Waals surface area contributed by atoms with Gasteiger partial charge in [0.25, 0.3) is 0 Å². The third kappa shape index (κ3) is 5.59. The highest BCUT2D eigenvalue weighted by molar-refractivity contribution is 5.87. The Morgan fingerprint density at radius 2 is 2.13 bits per heavy atom. The summed E-state index contributed by atoms with van der Waals surface area (Å²) in [5.74, 6) is 0.136. The maximum atomic E-state index is 12.0. The molecular formula is C18H33NO4. The summed E-state index contributed by atoms with van der Waals surface area (Å²) in [5, 5.41) is 22.8. The molecule has 0 aliphatic carbocycles. The summed E-state index contributed by atoms with van der Waals surface area (Å²) in [6.45, 7) is 9.72. The Morgan fingerprint density at radius 1 is 1.48 bits per heavy atom. The van der Waals surface area contributed by atoms with Crippen molar-refractivity contribution < 1.29 is 19.7 Å². The van der Waals surface area contributed by atoms with Gasteiger partial charge in [-0.2, -0.15) is 0 Å². The molecule has 1 aliphatic rings. The first-order valence-electron chi connectivity index (χ1n) is 8.73. The van der Waals surface area contributed by atoms with E-state index in [1.165, 1.54) is 12.2 Å². The maximum absolute atomic E-state index is 12.0. The second-order valence-corrected chi connectivity index (χ2v) is 7.04. The van der Waals surface area contributed by atoms with Crippen LogP contribution < -0.4 is 5.32 Å². The molecular weight excluding hydrogens is 294 g/mol. The van der Waals surface area contributed by atoms with Crippen molar-refractivity contribution in [1.29, 1.82) is 0 Å². The van der Waals surface area contributed by atoms with Crippen LogP contribution in [0.4, 0.5) is 0 Å². The maximum Gasteiger partial charge on any atom is 0.244 e. The lowest BCUT2D eigenvalue weighted by Gasteiger charge is -2.29. The van der Waals surface area contributed by atoms with E-state index in [1.807, 2.05) is 13.8 Å². The molecule has 1 amide bonds. The van der Waals surface area contributed by atoms with Crippen LogP contribution in [0, 0.1) is 11.8 Å². The summed E-state index contributed by atoms with van der Waals surface area (Å²) in [5.41, 5.74) is -1.19. The van der Waals surface area contributed by atoms with Crippen molar-refractivity contribution in [1.82, 2.24) is 5.32 Å². The van der Waals surface area contributed by atoms with Gasteiger partial charge in [0.1, 0.15) is 5.60 Å². The van der Waals surface area contributed by atoms with Gasteiger partial charge in [0.05, 0.1) is 24.9 Å². The second kappa shape index (κ2) is 8.81. The molecule has 1 heterocycles. The average Bonchev–Trinajstić information content (AvgIpc) is 2.92. The number of amides is 1. The van der Waals surface area contributed by atoms with Gasteiger partial charge >= 0.3 is 0 Å². The van der Waals surface area contributed by atoms with Crippen LogP contribution in [0.1, 0.15) is 53.9 Å². The molecule has 0 radical (unpaired) electrons. The number of hydrogen-bond donors (Lipinski definition) is 3. The molecule has 5 heteroatoms. The van der Waals surface area contributed by atoms with Gasteiger partial charge in [0.15, 0.2) is 0 Å². The molecule has 1 rings (SSSR count). The van der Waals surface area contributed by atoms with Crippen molar-refractivity contribution in [2.24, 2.45) is 11.8 Å². The Balaban J connectivity index is 2.65. The van der Waals surface area contributed by atoms with Gasteiger partial charge in [-0.3, -0.25) is 4.79 Å². The highest BCUT2D eigenvalue weighted by Gasteiger charge is 2.41. The number of aliphatic hydroxyl groups excluding tert-OH is 1. The van der Waals surface area contributed by atoms with Crippen LogP contribution in [-0.4, -0.2) is 46.6 Å². The fourth-order valence-electron chi connectivity index (χ4n) is 3.13. The van der Waals surface area contributed by atoms with E-state index in [0.29, 0.717) is 0 Å². The summed E-state index contributed by atoms with van der Waals surface area (Å²) in [7, 11) is 0. The van der Waals surface area contributed by atoms with E-state index in [1.54, 1.807) is 6.92 Å². The molecule has 134 valence electrons. The van der Waals surface area contributed by atoms with Crippen LogP contribution >= 0.6 is 0 Å². The first-order chi connectivity index (χ1) is 10.7. The molecule has 0 aromatic carbocycles. The first-order valence-corrected chi connectivity index (χ1v) is 8.73. The number of ether oxygens (including phenoxy) is 1. The molecule has 1 saturated heterocycles. The minimum Gasteiger partial charge on any atom is -0.394 e. The van der Waals surface area contributed by atoms with Crippen LogP contribution in [-0.2, 0) is 9.53 Å². The minimum atomic E-state index is -1.19. The zero-order valence-corrected chi connectivity index (χ0v) is 15.1. The molecule has 0 bridgehead atoms. The van der Waals surface area contributed by atoms with Crippen molar-refractivity contribution >= 4 is 5.91 Å². The van der Waals surface area contributed by atoms with Gasteiger partial charge in [-0.1, -0.05) is 34.1 Å². The van der Waals surface area contributed by atoms with Gasteiger partial charge in [0.2, 0.25) is 5.91 Å². The lowest BCUT2D eigenvalue weighted by atomic mass is 9.88. The molecule has 3 N–H and O–H groups in total. The quantitative estimate of drug-likeness (QED) is 0.596. The molecule has 0 spiro atoms. The Hall–Kier alpha value is -0.910. The molecule has 0 aromatic heterocycles. The van der Waals surface area contributed by atoms with E-state index in [0.717, 1.165) is 19.3 Å². The van der Waals surface area contributed by atoms with Gasteiger partial charge in [-0.25, -0.2) is 0 Å². The fourth-order valence-corrected chi connectivity index (χ4v) is 3.13. The molecule has 6 atom stereocenters. The first kappa shape index (κ1) is 20.1. The minimum absolute atomic E-state index is 0.0913. The van der Waals surface area contributed by atoms with E-state index in [-0.39, 0.29) is 42.6 Å². The topological polar surface area (TPSA) is 78.8 Å². The van der Waals surface area contributed by atoms with Gasteiger partial charge in [-0.05, 0) is 37.7 Å². The van der Waals surface area contributed by atoms with Crippen molar-refractivity contribution in [3.8, 4) is 0 Å². The largest absolute Gasteiger partial charge is 0.394 e. The summed E-state index contributed by atoms with van der Waals surface area (Å²) in [4.78, 5) is 12.0.